The first-order chi connectivity index (χ1) is 21.6. The molecule has 2 aliphatic heterocycles. The number of carbonyl (C=O) groups is 1. The minimum Gasteiger partial charge on any atom is -0.504 e. The van der Waals surface area contributed by atoms with E-state index in [2.05, 4.69) is 5.32 Å². The Bertz CT molecular complexity index is 1380. The number of rotatable bonds is 10. The summed E-state index contributed by atoms with van der Waals surface area (Å²) in [6, 6.07) is 12.0. The molecule has 0 spiro atoms. The fourth-order valence-corrected chi connectivity index (χ4v) is 5.47. The van der Waals surface area contributed by atoms with E-state index in [4.69, 9.17) is 23.7 Å². The highest BCUT2D eigenvalue weighted by Gasteiger charge is 2.53. The standard InChI is InChI=1S/C31H37NO13/c1-15(30(40)32-21-22(35)24(37)29-28(23(21)36)42-14-43-29)11-16-7-8-20(19(34)12-16)44-31-26(39)25(38)27(45-31)17(13-33)9-10-41-18-5-3-2-4-6-18/h2-9,11-12,21-29,31,33-39H,10,13-14H2,1H3,(H,32,40)/b15-11+,17-9+/t21?,22-,23+,24+,25-,26-,27+,28-,29+,31+/m0/s1. The molecular formula is C31H37NO13. The maximum absolute atomic E-state index is 12.9. The van der Waals surface area contributed by atoms with E-state index in [0.29, 0.717) is 11.3 Å². The number of hydrogen-bond acceptors (Lipinski definition) is 13. The molecule has 244 valence electrons. The van der Waals surface area contributed by atoms with Gasteiger partial charge >= 0.3 is 0 Å². The predicted molar refractivity (Wildman–Crippen MR) is 155 cm³/mol. The van der Waals surface area contributed by atoms with Gasteiger partial charge in [0.05, 0.1) is 12.6 Å². The van der Waals surface area contributed by atoms with Crippen LogP contribution in [0.1, 0.15) is 12.5 Å². The van der Waals surface area contributed by atoms with Crippen LogP contribution in [0.3, 0.4) is 0 Å². The maximum Gasteiger partial charge on any atom is 0.247 e. The van der Waals surface area contributed by atoms with E-state index < -0.39 is 73.7 Å². The number of para-hydroxylation sites is 1. The Morgan fingerprint density at radius 2 is 1.67 bits per heavy atom. The number of aromatic hydroxyl groups is 1. The van der Waals surface area contributed by atoms with Gasteiger partial charge in [0, 0.05) is 5.57 Å². The van der Waals surface area contributed by atoms with Crippen LogP contribution >= 0.6 is 0 Å². The Kier molecular flexibility index (Phi) is 10.4. The van der Waals surface area contributed by atoms with Crippen LogP contribution in [0.5, 0.6) is 17.2 Å². The number of hydrogen-bond donors (Lipinski definition) is 8. The van der Waals surface area contributed by atoms with Crippen LogP contribution in [0.4, 0.5) is 0 Å². The highest BCUT2D eigenvalue weighted by molar-refractivity contribution is 5.97. The summed E-state index contributed by atoms with van der Waals surface area (Å²) in [5.74, 6) is -0.472. The van der Waals surface area contributed by atoms with E-state index in [1.807, 2.05) is 18.2 Å². The number of carbonyl (C=O) groups excluding carboxylic acids is 1. The Labute approximate surface area is 258 Å². The molecule has 0 bridgehead atoms. The molecule has 1 aliphatic carbocycles. The van der Waals surface area contributed by atoms with Crippen molar-refractivity contribution >= 4 is 12.0 Å². The van der Waals surface area contributed by atoms with Crippen molar-refractivity contribution in [3.8, 4) is 17.2 Å². The lowest BCUT2D eigenvalue weighted by atomic mass is 9.83. The maximum atomic E-state index is 12.9. The third-order valence-corrected chi connectivity index (χ3v) is 7.98. The largest absolute Gasteiger partial charge is 0.504 e. The summed E-state index contributed by atoms with van der Waals surface area (Å²) >= 11 is 0. The van der Waals surface area contributed by atoms with Gasteiger partial charge < -0.3 is 64.7 Å². The Balaban J connectivity index is 1.20. The Morgan fingerprint density at radius 3 is 2.36 bits per heavy atom. The summed E-state index contributed by atoms with van der Waals surface area (Å²) in [6.45, 7) is 0.933. The van der Waals surface area contributed by atoms with Crippen LogP contribution in [0.25, 0.3) is 6.08 Å². The van der Waals surface area contributed by atoms with Crippen molar-refractivity contribution in [3.05, 3.63) is 71.3 Å². The monoisotopic (exact) mass is 631 g/mol. The van der Waals surface area contributed by atoms with Crippen LogP contribution in [0.2, 0.25) is 0 Å². The van der Waals surface area contributed by atoms with Gasteiger partial charge in [0.25, 0.3) is 0 Å². The molecule has 1 saturated carbocycles. The second kappa shape index (κ2) is 14.2. The lowest BCUT2D eigenvalue weighted by Gasteiger charge is -2.41. The van der Waals surface area contributed by atoms with E-state index in [9.17, 15) is 40.5 Å². The van der Waals surface area contributed by atoms with E-state index in [1.165, 1.54) is 31.2 Å². The molecule has 8 N–H and O–H groups in total. The van der Waals surface area contributed by atoms with E-state index >= 15 is 0 Å². The van der Waals surface area contributed by atoms with Gasteiger partial charge in [0.1, 0.15) is 68.0 Å². The predicted octanol–water partition coefficient (Wildman–Crippen LogP) is -1.06. The molecule has 1 amide bonds. The van der Waals surface area contributed by atoms with Gasteiger partial charge in [-0.1, -0.05) is 24.3 Å². The van der Waals surface area contributed by atoms with Gasteiger partial charge in [-0.05, 0) is 54.5 Å². The zero-order valence-electron chi connectivity index (χ0n) is 24.2. The van der Waals surface area contributed by atoms with E-state index in [1.54, 1.807) is 18.2 Å². The molecule has 5 rings (SSSR count). The van der Waals surface area contributed by atoms with Crippen LogP contribution in [0, 0.1) is 0 Å². The molecule has 0 aromatic heterocycles. The quantitative estimate of drug-likeness (QED) is 0.116. The number of ether oxygens (including phenoxy) is 5. The number of nitrogens with one attached hydrogen (secondary N) is 1. The lowest BCUT2D eigenvalue weighted by molar-refractivity contribution is -0.155. The van der Waals surface area contributed by atoms with Crippen molar-refractivity contribution in [3.63, 3.8) is 0 Å². The molecule has 10 atom stereocenters. The van der Waals surface area contributed by atoms with Crippen molar-refractivity contribution in [2.45, 2.75) is 68.1 Å². The third kappa shape index (κ3) is 7.14. The zero-order chi connectivity index (χ0) is 32.2. The first-order valence-corrected chi connectivity index (χ1v) is 14.3. The molecule has 2 heterocycles. The second-order valence-electron chi connectivity index (χ2n) is 11.0. The first kappa shape index (κ1) is 32.8. The number of phenols is 1. The number of aliphatic hydroxyl groups excluding tert-OH is 6. The minimum atomic E-state index is -1.51. The van der Waals surface area contributed by atoms with Gasteiger partial charge in [0.2, 0.25) is 12.2 Å². The summed E-state index contributed by atoms with van der Waals surface area (Å²) in [4.78, 5) is 12.9. The molecule has 1 unspecified atom stereocenters. The lowest BCUT2D eigenvalue weighted by Crippen LogP contribution is -2.67. The summed E-state index contributed by atoms with van der Waals surface area (Å²) in [7, 11) is 0. The molecule has 2 aromatic carbocycles. The molecule has 3 aliphatic rings. The molecule has 0 radical (unpaired) electrons. The molecule has 14 nitrogen and oxygen atoms in total. The van der Waals surface area contributed by atoms with Crippen molar-refractivity contribution in [1.82, 2.24) is 5.32 Å². The Morgan fingerprint density at radius 1 is 0.956 bits per heavy atom. The summed E-state index contributed by atoms with van der Waals surface area (Å²) in [6.07, 6.45) is -8.48. The summed E-state index contributed by atoms with van der Waals surface area (Å²) in [5.41, 5.74) is 0.816. The Hall–Kier alpha value is -3.57. The SMILES string of the molecule is C/C(=C\c1ccc(O[C@@H]2O[C@H](/C(=C/COc3ccccc3)CO)[C@@H](O)[C@@H]2O)c(O)c1)C(=O)NC1[C@@H](O)[C@@H]2OCO[C@@H]2[C@H](O)[C@H]1O. The van der Waals surface area contributed by atoms with Crippen molar-refractivity contribution in [2.24, 2.45) is 0 Å². The van der Waals surface area contributed by atoms with E-state index in [0.717, 1.165) is 0 Å². The van der Waals surface area contributed by atoms with Gasteiger partial charge in [-0.25, -0.2) is 0 Å². The molecule has 2 aromatic rings. The fraction of sp³-hybridized carbons (Fsp3) is 0.452. The van der Waals surface area contributed by atoms with Crippen molar-refractivity contribution in [1.29, 1.82) is 0 Å². The smallest absolute Gasteiger partial charge is 0.247 e. The zero-order valence-corrected chi connectivity index (χ0v) is 24.2. The van der Waals surface area contributed by atoms with Crippen LogP contribution in [0.15, 0.2) is 65.8 Å². The topological polar surface area (TPSA) is 217 Å². The van der Waals surface area contributed by atoms with Crippen LogP contribution in [-0.2, 0) is 19.0 Å². The molecule has 2 saturated heterocycles. The minimum absolute atomic E-state index is 0.0788. The van der Waals surface area contributed by atoms with E-state index in [-0.39, 0.29) is 36.0 Å². The van der Waals surface area contributed by atoms with Gasteiger partial charge in [0.15, 0.2) is 11.5 Å². The number of aliphatic hydroxyl groups is 6. The number of benzene rings is 2. The molecule has 45 heavy (non-hydrogen) atoms. The molecular weight excluding hydrogens is 594 g/mol. The third-order valence-electron chi connectivity index (χ3n) is 7.98. The average molecular weight is 632 g/mol. The normalized spacial score (nSPS) is 33.5. The number of fused-ring (bicyclic) bond motifs is 1. The van der Waals surface area contributed by atoms with Gasteiger partial charge in [-0.15, -0.1) is 0 Å². The highest BCUT2D eigenvalue weighted by atomic mass is 16.7. The molecule has 14 heteroatoms. The first-order valence-electron chi connectivity index (χ1n) is 14.3. The average Bonchev–Trinajstić information content (AvgIpc) is 3.63. The highest BCUT2D eigenvalue weighted by Crippen LogP contribution is 2.34. The summed E-state index contributed by atoms with van der Waals surface area (Å²) < 4.78 is 27.4. The second-order valence-corrected chi connectivity index (χ2v) is 11.0. The van der Waals surface area contributed by atoms with Crippen LogP contribution in [-0.4, -0.2) is 123 Å². The van der Waals surface area contributed by atoms with Crippen molar-refractivity contribution < 1.29 is 64.2 Å². The van der Waals surface area contributed by atoms with Gasteiger partial charge in [-0.3, -0.25) is 4.79 Å². The number of phenolic OH excluding ortho intramolecular Hbond substituents is 1. The molecule has 3 fully saturated rings. The van der Waals surface area contributed by atoms with Crippen LogP contribution < -0.4 is 14.8 Å². The fourth-order valence-electron chi connectivity index (χ4n) is 5.47. The summed E-state index contributed by atoms with van der Waals surface area (Å²) in [5, 5.41) is 75.5. The van der Waals surface area contributed by atoms with Crippen molar-refractivity contribution in [2.75, 3.05) is 20.0 Å². The van der Waals surface area contributed by atoms with Gasteiger partial charge in [-0.2, -0.15) is 0 Å². The number of amides is 1.